The third-order valence-electron chi connectivity index (χ3n) is 7.83. The summed E-state index contributed by atoms with van der Waals surface area (Å²) in [4.78, 5) is 25.5. The zero-order valence-corrected chi connectivity index (χ0v) is 22.5. The van der Waals surface area contributed by atoms with E-state index in [0.717, 1.165) is 39.6 Å². The van der Waals surface area contributed by atoms with Crippen LogP contribution in [0.2, 0.25) is 0 Å². The number of rotatable bonds is 6. The van der Waals surface area contributed by atoms with Crippen molar-refractivity contribution in [2.75, 3.05) is 19.5 Å². The number of aryl methyl sites for hydroxylation is 1. The summed E-state index contributed by atoms with van der Waals surface area (Å²) in [5, 5.41) is 17.9. The lowest BCUT2D eigenvalue weighted by molar-refractivity contribution is -0.116. The molecule has 2 atom stereocenters. The Labute approximate surface area is 231 Å². The average molecular weight is 536 g/mol. The number of nitrogens with zero attached hydrogens (tertiary/aromatic N) is 2. The minimum absolute atomic E-state index is 0.0515. The second-order valence-corrected chi connectivity index (χ2v) is 10.1. The minimum Gasteiger partial charge on any atom is -0.493 e. The van der Waals surface area contributed by atoms with Crippen molar-refractivity contribution >= 4 is 17.6 Å². The van der Waals surface area contributed by atoms with Gasteiger partial charge in [0.05, 0.1) is 31.2 Å². The van der Waals surface area contributed by atoms with Crippen LogP contribution in [0.5, 0.6) is 11.5 Å². The summed E-state index contributed by atoms with van der Waals surface area (Å²) in [6.45, 7) is 1.95. The maximum absolute atomic E-state index is 14.0. The molecule has 8 heteroatoms. The molecule has 0 unspecified atom stereocenters. The van der Waals surface area contributed by atoms with Crippen LogP contribution in [-0.4, -0.2) is 40.9 Å². The Morgan fingerprint density at radius 2 is 1.65 bits per heavy atom. The van der Waals surface area contributed by atoms with Gasteiger partial charge in [-0.15, -0.1) is 0 Å². The number of carbonyl (C=O) groups is 2. The molecule has 3 aromatic carbocycles. The molecule has 6 rings (SSSR count). The van der Waals surface area contributed by atoms with Gasteiger partial charge in [-0.3, -0.25) is 4.79 Å². The lowest BCUT2D eigenvalue weighted by atomic mass is 9.72. The van der Waals surface area contributed by atoms with Crippen LogP contribution in [0.3, 0.4) is 0 Å². The van der Waals surface area contributed by atoms with Crippen molar-refractivity contribution in [3.63, 3.8) is 0 Å². The number of methoxy groups -OCH3 is 2. The van der Waals surface area contributed by atoms with Gasteiger partial charge in [0.1, 0.15) is 5.82 Å². The van der Waals surface area contributed by atoms with E-state index in [0.29, 0.717) is 29.9 Å². The average Bonchev–Trinajstić information content (AvgIpc) is 3.31. The van der Waals surface area contributed by atoms with E-state index in [2.05, 4.69) is 5.32 Å². The molecule has 0 fully saturated rings. The molecule has 0 radical (unpaired) electrons. The van der Waals surface area contributed by atoms with Crippen LogP contribution < -0.4 is 14.8 Å². The van der Waals surface area contributed by atoms with Crippen LogP contribution in [0.4, 0.5) is 5.82 Å². The fraction of sp³-hybridized carbons (Fsp3) is 0.219. The fourth-order valence-corrected chi connectivity index (χ4v) is 5.93. The third kappa shape index (κ3) is 4.22. The first-order valence-electron chi connectivity index (χ1n) is 13.1. The standard InChI is InChI=1S/C32H29N3O5/c1-18-28-29(19-9-11-20(12-10-19)32(37)38)30-24(33-31(28)35(34-18)23-7-5-4-6-8-23)15-22(16-25(30)36)21-13-14-26(39-2)27(17-21)40-3/h4-14,17,22,29,33H,15-16H2,1-3H3,(H,37,38)/t22-,29+/m1/s1. The number of Topliss-reactive ketones (excluding diaryl/α,β-unsaturated/α-hetero) is 1. The maximum atomic E-state index is 14.0. The summed E-state index contributed by atoms with van der Waals surface area (Å²) < 4.78 is 12.8. The number of nitrogens with one attached hydrogen (secondary N) is 1. The van der Waals surface area contributed by atoms with Crippen molar-refractivity contribution in [1.82, 2.24) is 9.78 Å². The first-order valence-corrected chi connectivity index (χ1v) is 13.1. The number of aromatic nitrogens is 2. The molecule has 8 nitrogen and oxygen atoms in total. The molecule has 1 aliphatic heterocycles. The summed E-state index contributed by atoms with van der Waals surface area (Å²) in [6, 6.07) is 22.5. The normalized spacial score (nSPS) is 18.0. The van der Waals surface area contributed by atoms with Gasteiger partial charge in [-0.1, -0.05) is 36.4 Å². The minimum atomic E-state index is -0.989. The first-order chi connectivity index (χ1) is 19.4. The highest BCUT2D eigenvalue weighted by Gasteiger charge is 2.41. The van der Waals surface area contributed by atoms with E-state index in [1.807, 2.05) is 60.1 Å². The molecular weight excluding hydrogens is 506 g/mol. The van der Waals surface area contributed by atoms with E-state index in [-0.39, 0.29) is 23.2 Å². The van der Waals surface area contributed by atoms with Gasteiger partial charge in [-0.2, -0.15) is 5.10 Å². The third-order valence-corrected chi connectivity index (χ3v) is 7.83. The monoisotopic (exact) mass is 535 g/mol. The van der Waals surface area contributed by atoms with Crippen LogP contribution >= 0.6 is 0 Å². The number of carboxylic acid groups (broad SMARTS) is 1. The number of carboxylic acids is 1. The molecule has 0 bridgehead atoms. The number of ether oxygens (including phenoxy) is 2. The van der Waals surface area contributed by atoms with Crippen molar-refractivity contribution in [3.8, 4) is 17.2 Å². The molecule has 202 valence electrons. The zero-order valence-electron chi connectivity index (χ0n) is 22.5. The predicted molar refractivity (Wildman–Crippen MR) is 151 cm³/mol. The Bertz CT molecular complexity index is 1650. The van der Waals surface area contributed by atoms with E-state index < -0.39 is 5.97 Å². The van der Waals surface area contributed by atoms with Crippen LogP contribution in [0.15, 0.2) is 84.1 Å². The molecule has 2 N–H and O–H groups in total. The number of benzene rings is 3. The van der Waals surface area contributed by atoms with Gasteiger partial charge in [-0.05, 0) is 66.8 Å². The highest BCUT2D eigenvalue weighted by molar-refractivity contribution is 6.02. The largest absolute Gasteiger partial charge is 0.493 e. The Hall–Kier alpha value is -4.85. The second kappa shape index (κ2) is 10.0. The smallest absolute Gasteiger partial charge is 0.335 e. The summed E-state index contributed by atoms with van der Waals surface area (Å²) in [6.07, 6.45) is 0.972. The van der Waals surface area contributed by atoms with Gasteiger partial charge in [-0.25, -0.2) is 9.48 Å². The van der Waals surface area contributed by atoms with E-state index >= 15 is 0 Å². The van der Waals surface area contributed by atoms with E-state index in [1.165, 1.54) is 0 Å². The van der Waals surface area contributed by atoms with Crippen molar-refractivity contribution < 1.29 is 24.2 Å². The van der Waals surface area contributed by atoms with Crippen molar-refractivity contribution in [3.05, 3.63) is 112 Å². The number of carbonyl (C=O) groups excluding carboxylic acids is 1. The summed E-state index contributed by atoms with van der Waals surface area (Å²) in [5.74, 6) is 0.724. The summed E-state index contributed by atoms with van der Waals surface area (Å²) in [7, 11) is 3.20. The van der Waals surface area contributed by atoms with Gasteiger partial charge in [0.2, 0.25) is 0 Å². The molecule has 1 aliphatic carbocycles. The Morgan fingerprint density at radius 3 is 2.33 bits per heavy atom. The molecule has 0 spiro atoms. The van der Waals surface area contributed by atoms with Crippen molar-refractivity contribution in [1.29, 1.82) is 0 Å². The van der Waals surface area contributed by atoms with E-state index in [1.54, 1.807) is 38.5 Å². The van der Waals surface area contributed by atoms with Gasteiger partial charge >= 0.3 is 5.97 Å². The van der Waals surface area contributed by atoms with Crippen molar-refractivity contribution in [2.45, 2.75) is 31.6 Å². The van der Waals surface area contributed by atoms with Gasteiger partial charge in [0, 0.05) is 29.2 Å². The predicted octanol–water partition coefficient (Wildman–Crippen LogP) is 5.85. The fourth-order valence-electron chi connectivity index (χ4n) is 5.93. The second-order valence-electron chi connectivity index (χ2n) is 10.1. The molecule has 0 saturated heterocycles. The number of fused-ring (bicyclic) bond motifs is 1. The summed E-state index contributed by atoms with van der Waals surface area (Å²) >= 11 is 0. The number of para-hydroxylation sites is 1. The number of ketones is 1. The lowest BCUT2D eigenvalue weighted by Crippen LogP contribution is -2.30. The van der Waals surface area contributed by atoms with Crippen LogP contribution in [0.1, 0.15) is 57.4 Å². The molecule has 2 aliphatic rings. The molecule has 4 aromatic rings. The van der Waals surface area contributed by atoms with Gasteiger partial charge in [0.25, 0.3) is 0 Å². The Balaban J connectivity index is 1.49. The Morgan fingerprint density at radius 1 is 0.950 bits per heavy atom. The Kier molecular flexibility index (Phi) is 6.38. The molecule has 0 amide bonds. The number of anilines is 1. The van der Waals surface area contributed by atoms with Crippen LogP contribution in [-0.2, 0) is 4.79 Å². The van der Waals surface area contributed by atoms with Crippen LogP contribution in [0.25, 0.3) is 5.69 Å². The molecule has 2 heterocycles. The molecular formula is C32H29N3O5. The van der Waals surface area contributed by atoms with Gasteiger partial charge in [0.15, 0.2) is 17.3 Å². The number of hydrogen-bond donors (Lipinski definition) is 2. The highest BCUT2D eigenvalue weighted by Crippen LogP contribution is 2.50. The maximum Gasteiger partial charge on any atom is 0.335 e. The molecule has 1 aromatic heterocycles. The van der Waals surface area contributed by atoms with Crippen molar-refractivity contribution in [2.24, 2.45) is 0 Å². The number of allylic oxidation sites excluding steroid dienone is 2. The highest BCUT2D eigenvalue weighted by atomic mass is 16.5. The zero-order chi connectivity index (χ0) is 28.0. The SMILES string of the molecule is COc1ccc([C@H]2CC(=O)C3=C(C2)Nc2c(c(C)nn2-c2ccccc2)[C@@H]3c2ccc(C(=O)O)cc2)cc1OC. The molecule has 0 saturated carbocycles. The number of hydrogen-bond acceptors (Lipinski definition) is 6. The van der Waals surface area contributed by atoms with Gasteiger partial charge < -0.3 is 19.9 Å². The van der Waals surface area contributed by atoms with E-state index in [4.69, 9.17) is 14.6 Å². The lowest BCUT2D eigenvalue weighted by Gasteiger charge is -2.36. The van der Waals surface area contributed by atoms with E-state index in [9.17, 15) is 14.7 Å². The summed E-state index contributed by atoms with van der Waals surface area (Å²) in [5.41, 5.74) is 6.25. The topological polar surface area (TPSA) is 103 Å². The number of aromatic carboxylic acids is 1. The van der Waals surface area contributed by atoms with Crippen LogP contribution in [0, 0.1) is 6.92 Å². The first kappa shape index (κ1) is 25.4. The molecule has 40 heavy (non-hydrogen) atoms. The quantitative estimate of drug-likeness (QED) is 0.319.